The summed E-state index contributed by atoms with van der Waals surface area (Å²) in [6, 6.07) is 18.3. The summed E-state index contributed by atoms with van der Waals surface area (Å²) in [5.74, 6) is -1.97. The molecule has 1 aliphatic rings. The fourth-order valence-electron chi connectivity index (χ4n) is 3.95. The Bertz CT molecular complexity index is 1080. The lowest BCUT2D eigenvalue weighted by molar-refractivity contribution is -0.139. The summed E-state index contributed by atoms with van der Waals surface area (Å²) in [7, 11) is 0. The van der Waals surface area contributed by atoms with Crippen LogP contribution in [0, 0.1) is 5.82 Å². The number of carbonyl (C=O) groups is 2. The molecule has 0 spiro atoms. The molecule has 0 radical (unpaired) electrons. The molecular weight excluding hydrogens is 421 g/mol. The maximum atomic E-state index is 13.5. The third-order valence-corrected chi connectivity index (χ3v) is 5.51. The van der Waals surface area contributed by atoms with Crippen molar-refractivity contribution in [1.29, 1.82) is 0 Å². The molecule has 0 fully saturated rings. The molecule has 0 saturated heterocycles. The third kappa shape index (κ3) is 4.54. The van der Waals surface area contributed by atoms with Crippen molar-refractivity contribution in [3.8, 4) is 11.1 Å². The molecule has 5 nitrogen and oxygen atoms in total. The predicted molar refractivity (Wildman–Crippen MR) is 115 cm³/mol. The molecule has 1 amide bonds. The van der Waals surface area contributed by atoms with E-state index in [-0.39, 0.29) is 24.0 Å². The number of amides is 1. The minimum absolute atomic E-state index is 0.0675. The third-order valence-electron chi connectivity index (χ3n) is 5.30. The molecule has 0 unspecified atom stereocenters. The number of carboxylic acid groups (broad SMARTS) is 1. The highest BCUT2D eigenvalue weighted by molar-refractivity contribution is 6.30. The van der Waals surface area contributed by atoms with E-state index in [9.17, 15) is 19.1 Å². The molecule has 31 heavy (non-hydrogen) atoms. The number of alkyl carbamates (subject to hydrolysis) is 1. The van der Waals surface area contributed by atoms with Crippen molar-refractivity contribution in [3.63, 3.8) is 0 Å². The summed E-state index contributed by atoms with van der Waals surface area (Å²) in [5, 5.41) is 12.0. The van der Waals surface area contributed by atoms with Crippen molar-refractivity contribution in [3.05, 3.63) is 94.3 Å². The van der Waals surface area contributed by atoms with Crippen LogP contribution in [0.4, 0.5) is 9.18 Å². The number of halogens is 2. The van der Waals surface area contributed by atoms with Crippen molar-refractivity contribution >= 4 is 23.7 Å². The summed E-state index contributed by atoms with van der Waals surface area (Å²) >= 11 is 5.82. The Hall–Kier alpha value is -3.38. The second-order valence-corrected chi connectivity index (χ2v) is 7.78. The van der Waals surface area contributed by atoms with Gasteiger partial charge in [0.1, 0.15) is 18.5 Å². The van der Waals surface area contributed by atoms with Gasteiger partial charge < -0.3 is 15.2 Å². The summed E-state index contributed by atoms with van der Waals surface area (Å²) in [6.45, 7) is 0.0675. The second-order valence-electron chi connectivity index (χ2n) is 7.34. The number of aliphatic carboxylic acids is 1. The molecule has 3 aromatic rings. The fourth-order valence-corrected chi connectivity index (χ4v) is 4.19. The fraction of sp³-hybridized carbons (Fsp3) is 0.167. The molecule has 0 heterocycles. The second kappa shape index (κ2) is 8.78. The number of carbonyl (C=O) groups excluding carboxylic acids is 1. The monoisotopic (exact) mass is 439 g/mol. The highest BCUT2D eigenvalue weighted by Crippen LogP contribution is 2.44. The number of ether oxygens (including phenoxy) is 1. The Labute approximate surface area is 183 Å². The number of carboxylic acids is 1. The van der Waals surface area contributed by atoms with Crippen molar-refractivity contribution < 1.29 is 23.8 Å². The predicted octanol–water partition coefficient (Wildman–Crippen LogP) is 5.01. The zero-order valence-electron chi connectivity index (χ0n) is 16.3. The van der Waals surface area contributed by atoms with Gasteiger partial charge in [-0.25, -0.2) is 14.0 Å². The number of fused-ring (bicyclic) bond motifs is 3. The first-order chi connectivity index (χ1) is 14.9. The van der Waals surface area contributed by atoms with Crippen LogP contribution in [0.25, 0.3) is 11.1 Å². The average molecular weight is 440 g/mol. The van der Waals surface area contributed by atoms with Gasteiger partial charge in [0.05, 0.1) is 0 Å². The molecule has 2 N–H and O–H groups in total. The van der Waals surface area contributed by atoms with Crippen molar-refractivity contribution in [1.82, 2.24) is 5.32 Å². The number of hydrogen-bond acceptors (Lipinski definition) is 3. The van der Waals surface area contributed by atoms with E-state index in [0.29, 0.717) is 5.56 Å². The molecular formula is C24H19ClFNO4. The van der Waals surface area contributed by atoms with Gasteiger partial charge in [0.2, 0.25) is 0 Å². The molecule has 158 valence electrons. The highest BCUT2D eigenvalue weighted by Gasteiger charge is 2.29. The van der Waals surface area contributed by atoms with Crippen LogP contribution < -0.4 is 5.32 Å². The Morgan fingerprint density at radius 1 is 1.03 bits per heavy atom. The van der Waals surface area contributed by atoms with Crippen LogP contribution in [0.2, 0.25) is 5.02 Å². The SMILES string of the molecule is O=C(N[C@H](Cc1cc(F)cc(Cl)c1)C(=O)O)OCC1c2ccccc2-c2ccccc21. The Morgan fingerprint density at radius 2 is 1.65 bits per heavy atom. The lowest BCUT2D eigenvalue weighted by Gasteiger charge is -2.17. The minimum atomic E-state index is -1.28. The number of rotatable bonds is 6. The first-order valence-electron chi connectivity index (χ1n) is 9.71. The summed E-state index contributed by atoms with van der Waals surface area (Å²) in [4.78, 5) is 24.0. The molecule has 1 aliphatic carbocycles. The van der Waals surface area contributed by atoms with Crippen molar-refractivity contribution in [2.75, 3.05) is 6.61 Å². The van der Waals surface area contributed by atoms with Gasteiger partial charge in [0, 0.05) is 17.4 Å². The number of benzene rings is 3. The van der Waals surface area contributed by atoms with E-state index < -0.39 is 23.9 Å². The van der Waals surface area contributed by atoms with Gasteiger partial charge in [0.15, 0.2) is 0 Å². The van der Waals surface area contributed by atoms with Crippen LogP contribution in [-0.2, 0) is 16.0 Å². The normalized spacial score (nSPS) is 13.2. The van der Waals surface area contributed by atoms with Gasteiger partial charge in [-0.2, -0.15) is 0 Å². The summed E-state index contributed by atoms with van der Waals surface area (Å²) < 4.78 is 18.9. The van der Waals surface area contributed by atoms with Crippen LogP contribution in [0.15, 0.2) is 66.7 Å². The first kappa shape index (κ1) is 20.9. The summed E-state index contributed by atoms with van der Waals surface area (Å²) in [6.07, 6.45) is -0.978. The van der Waals surface area contributed by atoms with Gasteiger partial charge in [-0.1, -0.05) is 60.1 Å². The molecule has 0 saturated carbocycles. The molecule has 7 heteroatoms. The first-order valence-corrected chi connectivity index (χ1v) is 10.1. The standard InChI is InChI=1S/C24H19ClFNO4/c25-15-9-14(10-16(26)12-15)11-22(23(28)29)27-24(30)31-13-21-19-7-3-1-5-17(19)18-6-2-4-8-20(18)21/h1-10,12,21-22H,11,13H2,(H,27,30)(H,28,29)/t22-/m1/s1. The van der Waals surface area contributed by atoms with Crippen molar-refractivity contribution in [2.24, 2.45) is 0 Å². The van der Waals surface area contributed by atoms with Gasteiger partial charge >= 0.3 is 12.1 Å². The summed E-state index contributed by atoms with van der Waals surface area (Å²) in [5.41, 5.74) is 4.66. The van der Waals surface area contributed by atoms with Gasteiger partial charge in [-0.05, 0) is 46.0 Å². The number of hydrogen-bond donors (Lipinski definition) is 2. The topological polar surface area (TPSA) is 75.6 Å². The Kier molecular flexibility index (Phi) is 5.91. The van der Waals surface area contributed by atoms with Crippen LogP contribution in [0.5, 0.6) is 0 Å². The molecule has 3 aromatic carbocycles. The van der Waals surface area contributed by atoms with Gasteiger partial charge in [0.25, 0.3) is 0 Å². The van der Waals surface area contributed by atoms with E-state index in [1.165, 1.54) is 12.1 Å². The maximum absolute atomic E-state index is 13.5. The quantitative estimate of drug-likeness (QED) is 0.566. The van der Waals surface area contributed by atoms with E-state index in [4.69, 9.17) is 16.3 Å². The molecule has 0 bridgehead atoms. The van der Waals surface area contributed by atoms with Crippen LogP contribution in [0.1, 0.15) is 22.6 Å². The highest BCUT2D eigenvalue weighted by atomic mass is 35.5. The minimum Gasteiger partial charge on any atom is -0.480 e. The lowest BCUT2D eigenvalue weighted by atomic mass is 9.98. The molecule has 4 rings (SSSR count). The zero-order valence-corrected chi connectivity index (χ0v) is 17.1. The van der Waals surface area contributed by atoms with E-state index in [0.717, 1.165) is 28.3 Å². The van der Waals surface area contributed by atoms with Crippen LogP contribution in [0.3, 0.4) is 0 Å². The Morgan fingerprint density at radius 3 is 2.23 bits per heavy atom. The molecule has 0 aliphatic heterocycles. The Balaban J connectivity index is 1.44. The zero-order chi connectivity index (χ0) is 22.0. The van der Waals surface area contributed by atoms with Crippen LogP contribution in [-0.4, -0.2) is 29.8 Å². The average Bonchev–Trinajstić information content (AvgIpc) is 3.05. The molecule has 0 aromatic heterocycles. The van der Waals surface area contributed by atoms with E-state index in [1.807, 2.05) is 48.5 Å². The lowest BCUT2D eigenvalue weighted by Crippen LogP contribution is -2.42. The van der Waals surface area contributed by atoms with Gasteiger partial charge in [-0.3, -0.25) is 0 Å². The van der Waals surface area contributed by atoms with Crippen molar-refractivity contribution in [2.45, 2.75) is 18.4 Å². The maximum Gasteiger partial charge on any atom is 0.407 e. The van der Waals surface area contributed by atoms with Crippen LogP contribution >= 0.6 is 11.6 Å². The largest absolute Gasteiger partial charge is 0.480 e. The smallest absolute Gasteiger partial charge is 0.407 e. The number of nitrogens with one attached hydrogen (secondary N) is 1. The van der Waals surface area contributed by atoms with Gasteiger partial charge in [-0.15, -0.1) is 0 Å². The van der Waals surface area contributed by atoms with E-state index in [1.54, 1.807) is 0 Å². The van der Waals surface area contributed by atoms with E-state index >= 15 is 0 Å². The molecule has 1 atom stereocenters. The van der Waals surface area contributed by atoms with E-state index in [2.05, 4.69) is 5.32 Å².